The van der Waals surface area contributed by atoms with Crippen LogP contribution in [-0.2, 0) is 16.0 Å². The molecule has 6 nitrogen and oxygen atoms in total. The molecule has 0 aliphatic carbocycles. The lowest BCUT2D eigenvalue weighted by atomic mass is 9.97. The Morgan fingerprint density at radius 1 is 0.969 bits per heavy atom. The molecule has 0 unspecified atom stereocenters. The van der Waals surface area contributed by atoms with Crippen LogP contribution >= 0.6 is 0 Å². The Morgan fingerprint density at radius 3 is 2.56 bits per heavy atom. The number of nitrogens with zero attached hydrogens (tertiary/aromatic N) is 2. The molecule has 32 heavy (non-hydrogen) atoms. The Balaban J connectivity index is 1.13. The number of carbonyl (C=O) groups is 2. The molecule has 0 bridgehead atoms. The number of amides is 2. The predicted molar refractivity (Wildman–Crippen MR) is 123 cm³/mol. The second-order valence-corrected chi connectivity index (χ2v) is 8.27. The van der Waals surface area contributed by atoms with Gasteiger partial charge in [0.1, 0.15) is 5.52 Å². The van der Waals surface area contributed by atoms with Gasteiger partial charge in [-0.15, -0.1) is 0 Å². The molecule has 162 valence electrons. The summed E-state index contributed by atoms with van der Waals surface area (Å²) >= 11 is 0. The minimum Gasteiger partial charge on any atom is -0.440 e. The van der Waals surface area contributed by atoms with Gasteiger partial charge in [-0.2, -0.15) is 0 Å². The van der Waals surface area contributed by atoms with E-state index in [4.69, 9.17) is 4.42 Å². The zero-order valence-electron chi connectivity index (χ0n) is 17.8. The van der Waals surface area contributed by atoms with Crippen LogP contribution in [0.1, 0.15) is 30.2 Å². The first kappa shape index (κ1) is 20.2. The van der Waals surface area contributed by atoms with E-state index in [1.54, 1.807) is 0 Å². The van der Waals surface area contributed by atoms with Gasteiger partial charge in [-0.05, 0) is 41.3 Å². The summed E-state index contributed by atoms with van der Waals surface area (Å²) in [6.07, 6.45) is 1.87. The van der Waals surface area contributed by atoms with Gasteiger partial charge >= 0.3 is 0 Å². The van der Waals surface area contributed by atoms with E-state index >= 15 is 0 Å². The molecule has 2 heterocycles. The van der Waals surface area contributed by atoms with E-state index in [2.05, 4.69) is 10.3 Å². The van der Waals surface area contributed by atoms with Crippen molar-refractivity contribution < 1.29 is 14.0 Å². The first-order chi connectivity index (χ1) is 15.7. The van der Waals surface area contributed by atoms with Crippen molar-refractivity contribution >= 4 is 33.7 Å². The number of oxazole rings is 1. The second-order valence-electron chi connectivity index (χ2n) is 8.27. The Hall–Kier alpha value is -3.67. The largest absolute Gasteiger partial charge is 0.440 e. The molecule has 1 aliphatic rings. The maximum atomic E-state index is 12.6. The summed E-state index contributed by atoms with van der Waals surface area (Å²) in [5.41, 5.74) is 2.64. The third kappa shape index (κ3) is 4.21. The van der Waals surface area contributed by atoms with Gasteiger partial charge in [0.2, 0.25) is 11.8 Å². The summed E-state index contributed by atoms with van der Waals surface area (Å²) < 4.78 is 5.90. The highest BCUT2D eigenvalue weighted by atomic mass is 16.3. The lowest BCUT2D eigenvalue weighted by molar-refractivity contribution is -0.133. The van der Waals surface area contributed by atoms with Gasteiger partial charge in [-0.3, -0.25) is 9.59 Å². The number of rotatable bonds is 5. The van der Waals surface area contributed by atoms with Gasteiger partial charge in [-0.25, -0.2) is 4.98 Å². The Kier molecular flexibility index (Phi) is 5.58. The average Bonchev–Trinajstić information content (AvgIpc) is 3.27. The van der Waals surface area contributed by atoms with Crippen molar-refractivity contribution in [2.75, 3.05) is 19.6 Å². The van der Waals surface area contributed by atoms with Crippen LogP contribution in [-0.4, -0.2) is 41.3 Å². The summed E-state index contributed by atoms with van der Waals surface area (Å²) in [5, 5.41) is 4.97. The fourth-order valence-electron chi connectivity index (χ4n) is 4.41. The van der Waals surface area contributed by atoms with Crippen molar-refractivity contribution in [1.82, 2.24) is 15.2 Å². The molecule has 0 saturated carbocycles. The fraction of sp³-hybridized carbons (Fsp3) is 0.269. The van der Waals surface area contributed by atoms with E-state index < -0.39 is 0 Å². The number of fused-ring (bicyclic) bond motifs is 2. The van der Waals surface area contributed by atoms with Crippen LogP contribution in [0.3, 0.4) is 0 Å². The van der Waals surface area contributed by atoms with Crippen molar-refractivity contribution in [3.05, 3.63) is 78.2 Å². The monoisotopic (exact) mass is 427 g/mol. The summed E-state index contributed by atoms with van der Waals surface area (Å²) in [5.74, 6) is 0.775. The highest BCUT2D eigenvalue weighted by molar-refractivity contribution is 5.91. The first-order valence-electron chi connectivity index (χ1n) is 11.0. The van der Waals surface area contributed by atoms with Gasteiger partial charge < -0.3 is 14.6 Å². The quantitative estimate of drug-likeness (QED) is 0.521. The topological polar surface area (TPSA) is 75.4 Å². The highest BCUT2D eigenvalue weighted by Crippen LogP contribution is 2.29. The number of aromatic nitrogens is 1. The number of nitrogens with one attached hydrogen (secondary N) is 1. The zero-order valence-corrected chi connectivity index (χ0v) is 17.8. The van der Waals surface area contributed by atoms with E-state index in [0.717, 1.165) is 46.2 Å². The molecule has 1 N–H and O–H groups in total. The lowest BCUT2D eigenvalue weighted by Gasteiger charge is -2.30. The third-order valence-electron chi connectivity index (χ3n) is 6.18. The molecular formula is C26H25N3O3. The van der Waals surface area contributed by atoms with Gasteiger partial charge in [0.05, 0.1) is 13.0 Å². The van der Waals surface area contributed by atoms with Crippen LogP contribution in [0.4, 0.5) is 0 Å². The van der Waals surface area contributed by atoms with E-state index in [0.29, 0.717) is 13.1 Å². The molecule has 1 aliphatic heterocycles. The molecule has 1 fully saturated rings. The fourth-order valence-corrected chi connectivity index (χ4v) is 4.41. The zero-order chi connectivity index (χ0) is 21.9. The minimum absolute atomic E-state index is 0.0250. The number of hydrogen-bond acceptors (Lipinski definition) is 4. The van der Waals surface area contributed by atoms with Crippen molar-refractivity contribution in [3.8, 4) is 0 Å². The average molecular weight is 428 g/mol. The van der Waals surface area contributed by atoms with Gasteiger partial charge in [-0.1, -0.05) is 54.6 Å². The molecule has 2 amide bonds. The molecule has 0 spiro atoms. The molecule has 6 heteroatoms. The Morgan fingerprint density at radius 2 is 1.72 bits per heavy atom. The number of hydrogen-bond donors (Lipinski definition) is 1. The first-order valence-corrected chi connectivity index (χ1v) is 11.0. The van der Waals surface area contributed by atoms with Crippen molar-refractivity contribution in [2.45, 2.75) is 25.2 Å². The number of carbonyl (C=O) groups excluding carboxylic acids is 2. The highest BCUT2D eigenvalue weighted by Gasteiger charge is 2.27. The lowest BCUT2D eigenvalue weighted by Crippen LogP contribution is -2.44. The van der Waals surface area contributed by atoms with Crippen molar-refractivity contribution in [1.29, 1.82) is 0 Å². The van der Waals surface area contributed by atoms with Crippen LogP contribution in [0.2, 0.25) is 0 Å². The minimum atomic E-state index is -0.143. The maximum absolute atomic E-state index is 12.6. The molecule has 3 aromatic carbocycles. The summed E-state index contributed by atoms with van der Waals surface area (Å²) in [4.78, 5) is 31.5. The van der Waals surface area contributed by atoms with E-state index in [1.807, 2.05) is 71.6 Å². The van der Waals surface area contributed by atoms with E-state index in [1.165, 1.54) is 0 Å². The molecule has 5 rings (SSSR count). The molecule has 1 saturated heterocycles. The summed E-state index contributed by atoms with van der Waals surface area (Å²) in [6.45, 7) is 1.31. The maximum Gasteiger partial charge on any atom is 0.241 e. The van der Waals surface area contributed by atoms with Gasteiger partial charge in [0.15, 0.2) is 11.5 Å². The molecule has 0 atom stereocenters. The van der Waals surface area contributed by atoms with Crippen LogP contribution in [0.5, 0.6) is 0 Å². The molecular weight excluding hydrogens is 402 g/mol. The number of para-hydroxylation sites is 2. The van der Waals surface area contributed by atoms with E-state index in [-0.39, 0.29) is 30.7 Å². The number of benzene rings is 3. The predicted octanol–water partition coefficient (Wildman–Crippen LogP) is 4.05. The summed E-state index contributed by atoms with van der Waals surface area (Å²) in [6, 6.07) is 21.7. The van der Waals surface area contributed by atoms with E-state index in [9.17, 15) is 9.59 Å². The molecule has 1 aromatic heterocycles. The second kappa shape index (κ2) is 8.83. The van der Waals surface area contributed by atoms with Crippen LogP contribution in [0.25, 0.3) is 21.9 Å². The normalized spacial score (nSPS) is 14.7. The van der Waals surface area contributed by atoms with Gasteiger partial charge in [0, 0.05) is 19.0 Å². The smallest absolute Gasteiger partial charge is 0.241 e. The van der Waals surface area contributed by atoms with Crippen LogP contribution in [0.15, 0.2) is 71.1 Å². The van der Waals surface area contributed by atoms with Crippen LogP contribution < -0.4 is 5.32 Å². The Labute approximate surface area is 186 Å². The number of piperidine rings is 1. The number of likely N-dealkylation sites (tertiary alicyclic amines) is 1. The van der Waals surface area contributed by atoms with Gasteiger partial charge in [0.25, 0.3) is 0 Å². The third-order valence-corrected chi connectivity index (χ3v) is 6.18. The summed E-state index contributed by atoms with van der Waals surface area (Å²) in [7, 11) is 0. The SMILES string of the molecule is O=C(Cc1cccc2ccccc12)NCC(=O)N1CCC(c2nc3ccccc3o2)CC1. The van der Waals surface area contributed by atoms with Crippen LogP contribution in [0, 0.1) is 0 Å². The standard InChI is InChI=1S/C26H25N3O3/c30-24(16-20-8-5-7-18-6-1-2-9-21(18)20)27-17-25(31)29-14-12-19(13-15-29)26-28-22-10-3-4-11-23(22)32-26/h1-11,19H,12-17H2,(H,27,30). The Bertz CT molecular complexity index is 1230. The van der Waals surface area contributed by atoms with Crippen molar-refractivity contribution in [2.24, 2.45) is 0 Å². The van der Waals surface area contributed by atoms with Crippen molar-refractivity contribution in [3.63, 3.8) is 0 Å². The molecule has 4 aromatic rings. The molecule has 0 radical (unpaired) electrons.